The summed E-state index contributed by atoms with van der Waals surface area (Å²) in [7, 11) is 0. The van der Waals surface area contributed by atoms with Crippen molar-refractivity contribution in [2.45, 2.75) is 26.3 Å². The molecule has 0 aliphatic carbocycles. The van der Waals surface area contributed by atoms with Crippen LogP contribution in [0.1, 0.15) is 19.4 Å². The summed E-state index contributed by atoms with van der Waals surface area (Å²) in [5.41, 5.74) is 8.21. The molecule has 0 saturated heterocycles. The molecule has 1 rings (SSSR count). The largest absolute Gasteiger partial charge is 0.324 e. The Hall–Kier alpha value is -0.500. The van der Waals surface area contributed by atoms with Gasteiger partial charge in [0.15, 0.2) is 0 Å². The van der Waals surface area contributed by atoms with Gasteiger partial charge in [-0.1, -0.05) is 55.3 Å². The summed E-state index contributed by atoms with van der Waals surface area (Å²) in [5.74, 6) is 0.401. The zero-order chi connectivity index (χ0) is 12.3. The third-order valence-electron chi connectivity index (χ3n) is 2.66. The zero-order valence-corrected chi connectivity index (χ0v) is 11.1. The van der Waals surface area contributed by atoms with E-state index < -0.39 is 0 Å². The Bertz CT molecular complexity index is 386. The summed E-state index contributed by atoms with van der Waals surface area (Å²) in [6, 6.07) is 5.57. The average molecular weight is 258 g/mol. The second-order valence-corrected chi connectivity index (χ2v) is 5.10. The Kier molecular flexibility index (Phi) is 4.85. The maximum atomic E-state index is 6.06. The zero-order valence-electron chi connectivity index (χ0n) is 9.63. The summed E-state index contributed by atoms with van der Waals surface area (Å²) in [5, 5.41) is 1.14. The van der Waals surface area contributed by atoms with E-state index in [-0.39, 0.29) is 6.04 Å². The molecule has 88 valence electrons. The van der Waals surface area contributed by atoms with E-state index >= 15 is 0 Å². The van der Waals surface area contributed by atoms with Crippen molar-refractivity contribution in [1.82, 2.24) is 0 Å². The van der Waals surface area contributed by atoms with Crippen molar-refractivity contribution >= 4 is 23.2 Å². The maximum absolute atomic E-state index is 6.06. The van der Waals surface area contributed by atoms with E-state index in [4.69, 9.17) is 28.9 Å². The first-order chi connectivity index (χ1) is 7.41. The lowest BCUT2D eigenvalue weighted by Gasteiger charge is -2.18. The monoisotopic (exact) mass is 257 g/mol. The molecule has 1 atom stereocenters. The first-order valence-electron chi connectivity index (χ1n) is 5.30. The first kappa shape index (κ1) is 13.6. The molecule has 0 aliphatic heterocycles. The minimum absolute atomic E-state index is 0.0303. The Morgan fingerprint density at radius 1 is 1.31 bits per heavy atom. The van der Waals surface area contributed by atoms with Gasteiger partial charge in [-0.2, -0.15) is 0 Å². The molecule has 0 fully saturated rings. The number of halogens is 2. The highest BCUT2D eigenvalue weighted by Crippen LogP contribution is 2.24. The molecule has 1 aromatic rings. The SMILES string of the molecule is C=C(C(C)C)[C@H](N)Cc1ccc(Cl)c(Cl)c1. The average Bonchev–Trinajstić information content (AvgIpc) is 2.22. The van der Waals surface area contributed by atoms with Crippen LogP contribution in [0.3, 0.4) is 0 Å². The fourth-order valence-corrected chi connectivity index (χ4v) is 1.80. The van der Waals surface area contributed by atoms with Gasteiger partial charge in [0.05, 0.1) is 10.0 Å². The van der Waals surface area contributed by atoms with Crippen LogP contribution in [0, 0.1) is 5.92 Å². The Balaban J connectivity index is 2.73. The molecule has 0 bridgehead atoms. The first-order valence-corrected chi connectivity index (χ1v) is 6.05. The molecule has 16 heavy (non-hydrogen) atoms. The Morgan fingerprint density at radius 3 is 2.44 bits per heavy atom. The predicted octanol–water partition coefficient (Wildman–Crippen LogP) is 4.08. The third kappa shape index (κ3) is 3.51. The van der Waals surface area contributed by atoms with Crippen LogP contribution in [0.15, 0.2) is 30.4 Å². The van der Waals surface area contributed by atoms with Crippen molar-refractivity contribution in [2.75, 3.05) is 0 Å². The van der Waals surface area contributed by atoms with Gasteiger partial charge in [-0.15, -0.1) is 0 Å². The number of nitrogens with two attached hydrogens (primary N) is 1. The van der Waals surface area contributed by atoms with E-state index in [0.29, 0.717) is 16.0 Å². The molecule has 3 heteroatoms. The van der Waals surface area contributed by atoms with Crippen LogP contribution in [0.2, 0.25) is 10.0 Å². The summed E-state index contributed by atoms with van der Waals surface area (Å²) in [6.45, 7) is 8.19. The van der Waals surface area contributed by atoms with Gasteiger partial charge >= 0.3 is 0 Å². The van der Waals surface area contributed by atoms with Crippen LogP contribution in [-0.4, -0.2) is 6.04 Å². The topological polar surface area (TPSA) is 26.0 Å². The van der Waals surface area contributed by atoms with Gasteiger partial charge in [-0.25, -0.2) is 0 Å². The molecule has 0 amide bonds. The van der Waals surface area contributed by atoms with E-state index in [9.17, 15) is 0 Å². The lowest BCUT2D eigenvalue weighted by Crippen LogP contribution is -2.27. The van der Waals surface area contributed by atoms with Crippen LogP contribution in [0.4, 0.5) is 0 Å². The van der Waals surface area contributed by atoms with Crippen molar-refractivity contribution in [3.63, 3.8) is 0 Å². The molecule has 0 aromatic heterocycles. The lowest BCUT2D eigenvalue weighted by molar-refractivity contribution is 0.642. The molecule has 0 spiro atoms. The van der Waals surface area contributed by atoms with Gasteiger partial charge in [0.2, 0.25) is 0 Å². The smallest absolute Gasteiger partial charge is 0.0595 e. The summed E-state index contributed by atoms with van der Waals surface area (Å²) in [4.78, 5) is 0. The Labute approximate surface area is 107 Å². The van der Waals surface area contributed by atoms with E-state index in [0.717, 1.165) is 17.6 Å². The van der Waals surface area contributed by atoms with Gasteiger partial charge in [-0.3, -0.25) is 0 Å². The summed E-state index contributed by atoms with van der Waals surface area (Å²) >= 11 is 11.8. The van der Waals surface area contributed by atoms with Crippen LogP contribution >= 0.6 is 23.2 Å². The van der Waals surface area contributed by atoms with Gasteiger partial charge in [0.25, 0.3) is 0 Å². The quantitative estimate of drug-likeness (QED) is 0.809. The maximum Gasteiger partial charge on any atom is 0.0595 e. The molecule has 2 N–H and O–H groups in total. The summed E-state index contributed by atoms with van der Waals surface area (Å²) in [6.07, 6.45) is 0.744. The van der Waals surface area contributed by atoms with Crippen LogP contribution in [0.25, 0.3) is 0 Å². The molecular weight excluding hydrogens is 241 g/mol. The van der Waals surface area contributed by atoms with Crippen LogP contribution in [-0.2, 0) is 6.42 Å². The fraction of sp³-hybridized carbons (Fsp3) is 0.385. The normalized spacial score (nSPS) is 12.9. The highest BCUT2D eigenvalue weighted by molar-refractivity contribution is 6.42. The molecule has 0 radical (unpaired) electrons. The van der Waals surface area contributed by atoms with E-state index in [1.165, 1.54) is 0 Å². The molecular formula is C13H17Cl2N. The van der Waals surface area contributed by atoms with Crippen molar-refractivity contribution in [1.29, 1.82) is 0 Å². The number of benzene rings is 1. The molecule has 0 saturated carbocycles. The van der Waals surface area contributed by atoms with Gasteiger partial charge < -0.3 is 5.73 Å². The highest BCUT2D eigenvalue weighted by Gasteiger charge is 2.11. The minimum atomic E-state index is -0.0303. The van der Waals surface area contributed by atoms with Crippen molar-refractivity contribution in [2.24, 2.45) is 11.7 Å². The van der Waals surface area contributed by atoms with E-state index in [1.54, 1.807) is 6.07 Å². The summed E-state index contributed by atoms with van der Waals surface area (Å²) < 4.78 is 0. The lowest BCUT2D eigenvalue weighted by atomic mass is 9.93. The second kappa shape index (κ2) is 5.72. The van der Waals surface area contributed by atoms with Crippen LogP contribution in [0.5, 0.6) is 0 Å². The van der Waals surface area contributed by atoms with Gasteiger partial charge in [0.1, 0.15) is 0 Å². The van der Waals surface area contributed by atoms with E-state index in [2.05, 4.69) is 20.4 Å². The predicted molar refractivity (Wildman–Crippen MR) is 72.1 cm³/mol. The number of hydrogen-bond acceptors (Lipinski definition) is 1. The molecule has 1 aromatic carbocycles. The number of hydrogen-bond donors (Lipinski definition) is 1. The van der Waals surface area contributed by atoms with E-state index in [1.807, 2.05) is 12.1 Å². The second-order valence-electron chi connectivity index (χ2n) is 4.29. The fourth-order valence-electron chi connectivity index (χ4n) is 1.48. The van der Waals surface area contributed by atoms with Gasteiger partial charge in [0, 0.05) is 6.04 Å². The molecule has 0 unspecified atom stereocenters. The Morgan fingerprint density at radius 2 is 1.94 bits per heavy atom. The molecule has 0 aliphatic rings. The van der Waals surface area contributed by atoms with Crippen molar-refractivity contribution in [3.8, 4) is 0 Å². The number of rotatable bonds is 4. The van der Waals surface area contributed by atoms with Crippen LogP contribution < -0.4 is 5.73 Å². The highest BCUT2D eigenvalue weighted by atomic mass is 35.5. The minimum Gasteiger partial charge on any atom is -0.324 e. The van der Waals surface area contributed by atoms with Crippen molar-refractivity contribution in [3.05, 3.63) is 46.0 Å². The van der Waals surface area contributed by atoms with Crippen molar-refractivity contribution < 1.29 is 0 Å². The molecule has 0 heterocycles. The standard InChI is InChI=1S/C13H17Cl2N/c1-8(2)9(3)13(16)7-10-4-5-11(14)12(15)6-10/h4-6,8,13H,3,7,16H2,1-2H3/t13-/m1/s1. The molecule has 1 nitrogen and oxygen atoms in total. The van der Waals surface area contributed by atoms with Gasteiger partial charge in [-0.05, 0) is 30.0 Å². The third-order valence-corrected chi connectivity index (χ3v) is 3.40.